The van der Waals surface area contributed by atoms with Gasteiger partial charge in [-0.25, -0.2) is 4.79 Å². The Morgan fingerprint density at radius 2 is 1.50 bits per heavy atom. The molecule has 0 aliphatic carbocycles. The number of halogens is 2. The van der Waals surface area contributed by atoms with Gasteiger partial charge in [0.15, 0.2) is 0 Å². The van der Waals surface area contributed by atoms with Gasteiger partial charge < -0.3 is 4.74 Å². The smallest absolute Gasteiger partial charge is 0.330 e. The Labute approximate surface area is 143 Å². The van der Waals surface area contributed by atoms with E-state index < -0.39 is 0 Å². The fourth-order valence-corrected chi connectivity index (χ4v) is 4.94. The zero-order chi connectivity index (χ0) is 15.1. The molecule has 0 heterocycles. The molecule has 0 amide bonds. The van der Waals surface area contributed by atoms with Crippen LogP contribution < -0.4 is 0 Å². The highest BCUT2D eigenvalue weighted by Crippen LogP contribution is 2.13. The van der Waals surface area contributed by atoms with Gasteiger partial charge in [-0.05, 0) is 6.42 Å². The Morgan fingerprint density at radius 3 is 2.00 bits per heavy atom. The van der Waals surface area contributed by atoms with Crippen LogP contribution in [0.3, 0.4) is 0 Å². The molecule has 0 saturated carbocycles. The highest BCUT2D eigenvalue weighted by atomic mass is 79.9. The maximum atomic E-state index is 10.8. The van der Waals surface area contributed by atoms with Crippen molar-refractivity contribution >= 4 is 47.3 Å². The lowest BCUT2D eigenvalue weighted by Crippen LogP contribution is -2.01. The van der Waals surface area contributed by atoms with Crippen LogP contribution >= 0.6 is 31.9 Å². The molecule has 0 radical (unpaired) electrons. The van der Waals surface area contributed by atoms with Crippen LogP contribution in [0.25, 0.3) is 0 Å². The van der Waals surface area contributed by atoms with Gasteiger partial charge in [0.1, 0.15) is 0 Å². The number of hydrogen-bond acceptors (Lipinski definition) is 2. The fraction of sp³-hybridized carbons (Fsp3) is 0.800. The van der Waals surface area contributed by atoms with E-state index in [4.69, 9.17) is 4.74 Å². The average molecular weight is 428 g/mol. The van der Waals surface area contributed by atoms with Crippen molar-refractivity contribution in [1.29, 1.82) is 0 Å². The second kappa shape index (κ2) is 15.8. The minimum atomic E-state index is -0.306. The monoisotopic (exact) mass is 426 g/mol. The van der Waals surface area contributed by atoms with Crippen LogP contribution in [0.1, 0.15) is 57.8 Å². The molecule has 0 bridgehead atoms. The summed E-state index contributed by atoms with van der Waals surface area (Å²) in [5.74, 6) is -0.306. The molecule has 5 heteroatoms. The van der Waals surface area contributed by atoms with Crippen molar-refractivity contribution in [3.63, 3.8) is 0 Å². The summed E-state index contributed by atoms with van der Waals surface area (Å²) in [5.41, 5.74) is 0. The van der Waals surface area contributed by atoms with E-state index in [0.29, 0.717) is 9.97 Å². The third kappa shape index (κ3) is 16.4. The van der Waals surface area contributed by atoms with Crippen molar-refractivity contribution in [3.8, 4) is 0 Å². The van der Waals surface area contributed by atoms with Crippen molar-refractivity contribution in [3.05, 3.63) is 12.7 Å². The zero-order valence-corrected chi connectivity index (χ0v) is 17.0. The number of hydrogen-bond donors (Lipinski definition) is 0. The summed E-state index contributed by atoms with van der Waals surface area (Å²) in [7, 11) is 0.0737. The standard InChI is InChI=1S/C15H28Br2O2Si/c1-2-14(18)19-12-10-8-6-4-3-5-7-9-11-13-20-15(16)17/h2,15H,1,3-13,20H2. The molecule has 0 rings (SSSR count). The van der Waals surface area contributed by atoms with Gasteiger partial charge in [-0.15, -0.1) is 0 Å². The molecule has 0 atom stereocenters. The molecule has 2 nitrogen and oxygen atoms in total. The summed E-state index contributed by atoms with van der Waals surface area (Å²) < 4.78 is 5.56. The first-order chi connectivity index (χ1) is 9.66. The van der Waals surface area contributed by atoms with Gasteiger partial charge in [-0.3, -0.25) is 0 Å². The van der Waals surface area contributed by atoms with Gasteiger partial charge in [0, 0.05) is 15.6 Å². The quantitative estimate of drug-likeness (QED) is 0.130. The van der Waals surface area contributed by atoms with E-state index in [1.807, 2.05) is 0 Å². The largest absolute Gasteiger partial charge is 0.463 e. The Kier molecular flexibility index (Phi) is 16.1. The predicted octanol–water partition coefficient (Wildman–Crippen LogP) is 4.89. The fourth-order valence-electron chi connectivity index (χ4n) is 2.05. The highest BCUT2D eigenvalue weighted by molar-refractivity contribution is 9.25. The lowest BCUT2D eigenvalue weighted by atomic mass is 10.1. The van der Waals surface area contributed by atoms with Gasteiger partial charge in [0.05, 0.1) is 9.97 Å². The lowest BCUT2D eigenvalue weighted by molar-refractivity contribution is -0.137. The van der Waals surface area contributed by atoms with E-state index in [-0.39, 0.29) is 15.5 Å². The van der Waals surface area contributed by atoms with Gasteiger partial charge in [-0.1, -0.05) is 95.8 Å². The number of esters is 1. The van der Waals surface area contributed by atoms with E-state index in [1.54, 1.807) is 0 Å². The summed E-state index contributed by atoms with van der Waals surface area (Å²) in [6.07, 6.45) is 12.9. The van der Waals surface area contributed by atoms with E-state index in [2.05, 4.69) is 38.4 Å². The number of unbranched alkanes of at least 4 members (excludes halogenated alkanes) is 8. The average Bonchev–Trinajstić information content (AvgIpc) is 2.43. The summed E-state index contributed by atoms with van der Waals surface area (Å²) in [6, 6.07) is 1.45. The Morgan fingerprint density at radius 1 is 1.00 bits per heavy atom. The second-order valence-electron chi connectivity index (χ2n) is 5.09. The van der Waals surface area contributed by atoms with Gasteiger partial charge in [-0.2, -0.15) is 0 Å². The molecule has 0 aromatic carbocycles. The van der Waals surface area contributed by atoms with Crippen molar-refractivity contribution in [1.82, 2.24) is 0 Å². The molecule has 118 valence electrons. The molecular weight excluding hydrogens is 400 g/mol. The molecule has 0 saturated heterocycles. The predicted molar refractivity (Wildman–Crippen MR) is 97.7 cm³/mol. The molecule has 0 N–H and O–H groups in total. The van der Waals surface area contributed by atoms with Crippen LogP contribution in [0.15, 0.2) is 12.7 Å². The molecule has 0 unspecified atom stereocenters. The third-order valence-corrected chi connectivity index (χ3v) is 7.32. The molecule has 0 spiro atoms. The molecule has 0 aromatic heterocycles. The summed E-state index contributed by atoms with van der Waals surface area (Å²) in [5, 5.41) is 0. The van der Waals surface area contributed by atoms with Crippen LogP contribution in [0.5, 0.6) is 0 Å². The molecule has 0 fully saturated rings. The first kappa shape index (κ1) is 20.4. The van der Waals surface area contributed by atoms with Gasteiger partial charge >= 0.3 is 5.97 Å². The van der Waals surface area contributed by atoms with Crippen molar-refractivity contribution in [2.75, 3.05) is 6.61 Å². The Bertz CT molecular complexity index is 248. The lowest BCUT2D eigenvalue weighted by Gasteiger charge is -2.04. The van der Waals surface area contributed by atoms with E-state index in [1.165, 1.54) is 57.1 Å². The highest BCUT2D eigenvalue weighted by Gasteiger charge is 1.98. The number of carbonyl (C=O) groups excluding carboxylic acids is 1. The molecule has 20 heavy (non-hydrogen) atoms. The molecule has 0 aromatic rings. The normalized spacial score (nSPS) is 11.3. The van der Waals surface area contributed by atoms with Gasteiger partial charge in [0.2, 0.25) is 0 Å². The number of ether oxygens (including phenoxy) is 1. The van der Waals surface area contributed by atoms with Crippen LogP contribution in [0.4, 0.5) is 0 Å². The van der Waals surface area contributed by atoms with E-state index in [0.717, 1.165) is 12.8 Å². The first-order valence-electron chi connectivity index (χ1n) is 7.74. The number of rotatable bonds is 14. The summed E-state index contributed by atoms with van der Waals surface area (Å²) in [6.45, 7) is 3.91. The first-order valence-corrected chi connectivity index (χ1v) is 11.4. The van der Waals surface area contributed by atoms with E-state index in [9.17, 15) is 4.79 Å². The van der Waals surface area contributed by atoms with Gasteiger partial charge in [0.25, 0.3) is 0 Å². The van der Waals surface area contributed by atoms with Crippen LogP contribution in [-0.4, -0.2) is 25.5 Å². The number of alkyl halides is 2. The zero-order valence-electron chi connectivity index (χ0n) is 12.4. The summed E-state index contributed by atoms with van der Waals surface area (Å²) >= 11 is 7.12. The van der Waals surface area contributed by atoms with Crippen LogP contribution in [-0.2, 0) is 9.53 Å². The van der Waals surface area contributed by atoms with Crippen LogP contribution in [0.2, 0.25) is 6.04 Å². The molecule has 0 aliphatic rings. The minimum absolute atomic E-state index is 0.0737. The maximum absolute atomic E-state index is 10.8. The molecular formula is C15H28Br2O2Si. The topological polar surface area (TPSA) is 26.3 Å². The summed E-state index contributed by atoms with van der Waals surface area (Å²) in [4.78, 5) is 10.8. The second-order valence-corrected chi connectivity index (χ2v) is 13.0. The van der Waals surface area contributed by atoms with Crippen molar-refractivity contribution in [2.45, 2.75) is 67.2 Å². The third-order valence-electron chi connectivity index (χ3n) is 3.23. The van der Waals surface area contributed by atoms with Crippen molar-refractivity contribution < 1.29 is 9.53 Å². The Hall–Kier alpha value is 0.387. The maximum Gasteiger partial charge on any atom is 0.330 e. The SMILES string of the molecule is C=CC(=O)OCCCCCCCCCCC[SiH2]C(Br)Br. The van der Waals surface area contributed by atoms with E-state index >= 15 is 0 Å². The number of carbonyl (C=O) groups is 1. The Balaban J connectivity index is 3.03. The van der Waals surface area contributed by atoms with Crippen LogP contribution in [0, 0.1) is 0 Å². The van der Waals surface area contributed by atoms with Crippen molar-refractivity contribution in [2.24, 2.45) is 0 Å². The minimum Gasteiger partial charge on any atom is -0.463 e. The molecule has 0 aliphatic heterocycles.